The van der Waals surface area contributed by atoms with Crippen LogP contribution in [0.5, 0.6) is 5.75 Å². The Hall–Kier alpha value is -3.36. The quantitative estimate of drug-likeness (QED) is 0.0832. The van der Waals surface area contributed by atoms with Crippen molar-refractivity contribution in [3.63, 3.8) is 0 Å². The highest BCUT2D eigenvalue weighted by atomic mass is 32.1. The van der Waals surface area contributed by atoms with E-state index in [9.17, 15) is 34.2 Å². The van der Waals surface area contributed by atoms with Crippen LogP contribution in [0.3, 0.4) is 0 Å². The van der Waals surface area contributed by atoms with Crippen molar-refractivity contribution < 1.29 is 34.2 Å². The molecule has 0 aliphatic rings. The second kappa shape index (κ2) is 15.6. The normalized spacial score (nSPS) is 14.1. The summed E-state index contributed by atoms with van der Waals surface area (Å²) in [6, 6.07) is 0.751. The minimum absolute atomic E-state index is 0.0117. The van der Waals surface area contributed by atoms with Gasteiger partial charge in [-0.25, -0.2) is 4.79 Å². The van der Waals surface area contributed by atoms with Crippen molar-refractivity contribution in [2.75, 3.05) is 12.3 Å². The standard InChI is InChI=1S/C22H34N6O7S/c23-8-2-1-3-15(26-19(31)14(24)11-36)20(32)27-16(10-18(25)30)21(33)28-17(22(34)35)9-12-4-6-13(29)7-5-12/h4-7,14-17,29,36H,1-3,8-11,23-24H2,(H2,25,30)(H,26,31)(H,27,32)(H,28,33)(H,34,35). The lowest BCUT2D eigenvalue weighted by molar-refractivity contribution is -0.142. The maximum Gasteiger partial charge on any atom is 0.326 e. The molecule has 0 aromatic heterocycles. The third-order valence-corrected chi connectivity index (χ3v) is 5.54. The summed E-state index contributed by atoms with van der Waals surface area (Å²) in [4.78, 5) is 61.3. The lowest BCUT2D eigenvalue weighted by Gasteiger charge is -2.24. The number of phenolic OH excluding ortho intramolecular Hbond substituents is 1. The number of nitrogens with one attached hydrogen (secondary N) is 3. The molecule has 0 spiro atoms. The number of aromatic hydroxyl groups is 1. The van der Waals surface area contributed by atoms with Crippen molar-refractivity contribution in [2.24, 2.45) is 17.2 Å². The summed E-state index contributed by atoms with van der Waals surface area (Å²) in [5.41, 5.74) is 16.9. The molecular weight excluding hydrogens is 492 g/mol. The van der Waals surface area contributed by atoms with Gasteiger partial charge in [-0.3, -0.25) is 19.2 Å². The molecule has 0 saturated carbocycles. The Kier molecular flexibility index (Phi) is 13.3. The average Bonchev–Trinajstić information content (AvgIpc) is 2.82. The second-order valence-electron chi connectivity index (χ2n) is 8.14. The summed E-state index contributed by atoms with van der Waals surface area (Å²) < 4.78 is 0. The van der Waals surface area contributed by atoms with Crippen LogP contribution >= 0.6 is 12.6 Å². The monoisotopic (exact) mass is 526 g/mol. The van der Waals surface area contributed by atoms with E-state index < -0.39 is 60.2 Å². The van der Waals surface area contributed by atoms with Crippen molar-refractivity contribution in [2.45, 2.75) is 56.3 Å². The van der Waals surface area contributed by atoms with E-state index >= 15 is 0 Å². The largest absolute Gasteiger partial charge is 0.508 e. The van der Waals surface area contributed by atoms with Gasteiger partial charge in [-0.05, 0) is 43.5 Å². The van der Waals surface area contributed by atoms with Gasteiger partial charge in [-0.2, -0.15) is 12.6 Å². The molecule has 0 radical (unpaired) electrons. The zero-order valence-electron chi connectivity index (χ0n) is 19.7. The van der Waals surface area contributed by atoms with Crippen molar-refractivity contribution in [3.8, 4) is 5.75 Å². The molecule has 1 rings (SSSR count). The Labute approximate surface area is 213 Å². The van der Waals surface area contributed by atoms with E-state index in [4.69, 9.17) is 17.2 Å². The van der Waals surface area contributed by atoms with Gasteiger partial charge in [0.25, 0.3) is 0 Å². The molecule has 0 bridgehead atoms. The first-order valence-electron chi connectivity index (χ1n) is 11.2. The highest BCUT2D eigenvalue weighted by Crippen LogP contribution is 2.12. The first-order valence-corrected chi connectivity index (χ1v) is 11.9. The van der Waals surface area contributed by atoms with E-state index in [1.807, 2.05) is 0 Å². The van der Waals surface area contributed by atoms with E-state index in [0.29, 0.717) is 24.9 Å². The highest BCUT2D eigenvalue weighted by molar-refractivity contribution is 7.80. The number of carbonyl (C=O) groups excluding carboxylic acids is 4. The molecule has 4 atom stereocenters. The summed E-state index contributed by atoms with van der Waals surface area (Å²) in [6.45, 7) is 0.364. The molecule has 0 aliphatic heterocycles. The van der Waals surface area contributed by atoms with Gasteiger partial charge in [-0.15, -0.1) is 0 Å². The fourth-order valence-electron chi connectivity index (χ4n) is 3.15. The number of hydrogen-bond donors (Lipinski definition) is 9. The maximum atomic E-state index is 12.9. The molecule has 0 saturated heterocycles. The van der Waals surface area contributed by atoms with E-state index in [1.165, 1.54) is 24.3 Å². The minimum atomic E-state index is -1.50. The molecule has 1 aromatic carbocycles. The van der Waals surface area contributed by atoms with Crippen molar-refractivity contribution >= 4 is 42.2 Å². The summed E-state index contributed by atoms with van der Waals surface area (Å²) in [5.74, 6) is -4.61. The number of benzene rings is 1. The topological polar surface area (TPSA) is 240 Å². The smallest absolute Gasteiger partial charge is 0.326 e. The Bertz CT molecular complexity index is 915. The average molecular weight is 527 g/mol. The third kappa shape index (κ3) is 10.9. The van der Waals surface area contributed by atoms with Gasteiger partial charge >= 0.3 is 5.97 Å². The Balaban J connectivity index is 3.00. The number of aliphatic carboxylic acids is 1. The fourth-order valence-corrected chi connectivity index (χ4v) is 3.31. The van der Waals surface area contributed by atoms with Gasteiger partial charge in [0.1, 0.15) is 23.9 Å². The number of phenols is 1. The van der Waals surface area contributed by atoms with Gasteiger partial charge in [0.2, 0.25) is 23.6 Å². The zero-order chi connectivity index (χ0) is 27.3. The van der Waals surface area contributed by atoms with E-state index in [1.54, 1.807) is 0 Å². The highest BCUT2D eigenvalue weighted by Gasteiger charge is 2.31. The number of thiol groups is 1. The molecule has 1 aromatic rings. The predicted molar refractivity (Wildman–Crippen MR) is 134 cm³/mol. The lowest BCUT2D eigenvalue weighted by atomic mass is 10.0. The van der Waals surface area contributed by atoms with Gasteiger partial charge in [0.05, 0.1) is 12.5 Å². The number of primary amides is 1. The van der Waals surface area contributed by atoms with E-state index in [2.05, 4.69) is 28.6 Å². The number of amides is 4. The number of carboxylic acids is 1. The second-order valence-corrected chi connectivity index (χ2v) is 8.50. The maximum absolute atomic E-state index is 12.9. The van der Waals surface area contributed by atoms with Crippen LogP contribution in [0.25, 0.3) is 0 Å². The lowest BCUT2D eigenvalue weighted by Crippen LogP contribution is -2.58. The van der Waals surface area contributed by atoms with Crippen LogP contribution in [-0.4, -0.2) is 76.3 Å². The van der Waals surface area contributed by atoms with Crippen LogP contribution in [0, 0.1) is 0 Å². The number of hydrogen-bond acceptors (Lipinski definition) is 9. The van der Waals surface area contributed by atoms with Crippen molar-refractivity contribution in [1.82, 2.24) is 16.0 Å². The molecule has 0 heterocycles. The molecule has 0 aliphatic carbocycles. The molecule has 11 N–H and O–H groups in total. The number of unbranched alkanes of at least 4 members (excludes halogenated alkanes) is 1. The fraction of sp³-hybridized carbons (Fsp3) is 0.500. The van der Waals surface area contributed by atoms with Gasteiger partial charge in [0, 0.05) is 12.2 Å². The van der Waals surface area contributed by atoms with Gasteiger partial charge < -0.3 is 43.4 Å². The SMILES string of the molecule is NCCCCC(NC(=O)C(N)CS)C(=O)NC(CC(N)=O)C(=O)NC(Cc1ccc(O)cc1)C(=O)O. The Morgan fingerprint density at radius 3 is 1.97 bits per heavy atom. The van der Waals surface area contributed by atoms with Crippen LogP contribution in [0.15, 0.2) is 24.3 Å². The van der Waals surface area contributed by atoms with Crippen LogP contribution in [0.4, 0.5) is 0 Å². The molecule has 13 nitrogen and oxygen atoms in total. The number of rotatable bonds is 16. The van der Waals surface area contributed by atoms with Crippen LogP contribution < -0.4 is 33.2 Å². The number of nitrogens with two attached hydrogens (primary N) is 3. The predicted octanol–water partition coefficient (Wildman–Crippen LogP) is -2.26. The minimum Gasteiger partial charge on any atom is -0.508 e. The summed E-state index contributed by atoms with van der Waals surface area (Å²) in [5, 5.41) is 26.1. The van der Waals surface area contributed by atoms with E-state index in [0.717, 1.165) is 0 Å². The van der Waals surface area contributed by atoms with Crippen LogP contribution in [0.2, 0.25) is 0 Å². The number of carboxylic acid groups (broad SMARTS) is 1. The van der Waals surface area contributed by atoms with Crippen LogP contribution in [0.1, 0.15) is 31.2 Å². The molecular formula is C22H34N6O7S. The summed E-state index contributed by atoms with van der Waals surface area (Å²) in [6.07, 6.45) is 0.491. The first kappa shape index (κ1) is 30.7. The van der Waals surface area contributed by atoms with Gasteiger partial charge in [-0.1, -0.05) is 12.1 Å². The van der Waals surface area contributed by atoms with E-state index in [-0.39, 0.29) is 24.3 Å². The summed E-state index contributed by atoms with van der Waals surface area (Å²) in [7, 11) is 0. The molecule has 14 heteroatoms. The molecule has 200 valence electrons. The third-order valence-electron chi connectivity index (χ3n) is 5.14. The Morgan fingerprint density at radius 1 is 0.889 bits per heavy atom. The van der Waals surface area contributed by atoms with Crippen LogP contribution in [-0.2, 0) is 30.4 Å². The zero-order valence-corrected chi connectivity index (χ0v) is 20.6. The molecule has 4 amide bonds. The van der Waals surface area contributed by atoms with Crippen molar-refractivity contribution in [3.05, 3.63) is 29.8 Å². The molecule has 36 heavy (non-hydrogen) atoms. The molecule has 4 unspecified atom stereocenters. The van der Waals surface area contributed by atoms with Crippen molar-refractivity contribution in [1.29, 1.82) is 0 Å². The number of carbonyl (C=O) groups is 5. The van der Waals surface area contributed by atoms with Gasteiger partial charge in [0.15, 0.2) is 0 Å². The first-order chi connectivity index (χ1) is 17.0. The summed E-state index contributed by atoms with van der Waals surface area (Å²) >= 11 is 3.96. The Morgan fingerprint density at radius 2 is 1.44 bits per heavy atom. The molecule has 0 fully saturated rings.